The molecule has 8 nitrogen and oxygen atoms in total. The predicted molar refractivity (Wildman–Crippen MR) is 90.0 cm³/mol. The van der Waals surface area contributed by atoms with Crippen molar-refractivity contribution in [3.8, 4) is 0 Å². The van der Waals surface area contributed by atoms with Crippen LogP contribution in [0.15, 0.2) is 18.6 Å². The molecule has 3 aliphatic rings. The number of hydrogen-bond donors (Lipinski definition) is 0. The van der Waals surface area contributed by atoms with Gasteiger partial charge in [0.15, 0.2) is 0 Å². The van der Waals surface area contributed by atoms with E-state index in [2.05, 4.69) is 19.5 Å². The van der Waals surface area contributed by atoms with Gasteiger partial charge in [-0.2, -0.15) is 5.10 Å². The fraction of sp³-hybridized carbons (Fsp3) is 0.588. The molecule has 0 unspecified atom stereocenters. The highest BCUT2D eigenvalue weighted by molar-refractivity contribution is 5.95. The van der Waals surface area contributed by atoms with Crippen LogP contribution in [0.4, 0.5) is 5.69 Å². The maximum atomic E-state index is 11.8. The summed E-state index contributed by atoms with van der Waals surface area (Å²) in [7, 11) is 0. The molecule has 8 heteroatoms. The molecule has 5 rings (SSSR count). The number of anilines is 1. The summed E-state index contributed by atoms with van der Waals surface area (Å²) in [4.78, 5) is 20.6. The van der Waals surface area contributed by atoms with Crippen LogP contribution in [-0.4, -0.2) is 56.4 Å². The maximum absolute atomic E-state index is 11.8. The fourth-order valence-electron chi connectivity index (χ4n) is 3.94. The molecule has 0 N–H and O–H groups in total. The molecule has 132 valence electrons. The van der Waals surface area contributed by atoms with Crippen molar-refractivity contribution in [1.82, 2.24) is 24.2 Å². The van der Waals surface area contributed by atoms with E-state index in [1.54, 1.807) is 0 Å². The quantitative estimate of drug-likeness (QED) is 0.822. The minimum absolute atomic E-state index is 0.212. The first-order valence-corrected chi connectivity index (χ1v) is 8.96. The van der Waals surface area contributed by atoms with E-state index in [0.717, 1.165) is 57.3 Å². The van der Waals surface area contributed by atoms with Crippen LogP contribution in [0.5, 0.6) is 0 Å². The minimum atomic E-state index is 0.212. The average Bonchev–Trinajstić information content (AvgIpc) is 3.30. The van der Waals surface area contributed by atoms with Gasteiger partial charge in [-0.15, -0.1) is 0 Å². The highest BCUT2D eigenvalue weighted by atomic mass is 16.5. The monoisotopic (exact) mass is 342 g/mol. The summed E-state index contributed by atoms with van der Waals surface area (Å²) in [6.45, 7) is 5.98. The number of imidazole rings is 1. The van der Waals surface area contributed by atoms with E-state index in [9.17, 15) is 4.79 Å². The lowest BCUT2D eigenvalue weighted by Gasteiger charge is -2.39. The summed E-state index contributed by atoms with van der Waals surface area (Å²) in [5.74, 6) is 1.24. The van der Waals surface area contributed by atoms with Crippen LogP contribution < -0.4 is 4.90 Å². The molecule has 0 radical (unpaired) electrons. The highest BCUT2D eigenvalue weighted by Crippen LogP contribution is 2.27. The molecule has 0 bridgehead atoms. The topological polar surface area (TPSA) is 68.4 Å². The van der Waals surface area contributed by atoms with E-state index in [1.807, 2.05) is 28.2 Å². The third kappa shape index (κ3) is 2.65. The van der Waals surface area contributed by atoms with Crippen molar-refractivity contribution >= 4 is 11.6 Å². The van der Waals surface area contributed by atoms with E-state index in [-0.39, 0.29) is 5.91 Å². The number of carbonyl (C=O) groups is 1. The molecule has 0 atom stereocenters. The van der Waals surface area contributed by atoms with Gasteiger partial charge in [0.25, 0.3) is 0 Å². The highest BCUT2D eigenvalue weighted by Gasteiger charge is 2.31. The summed E-state index contributed by atoms with van der Waals surface area (Å²) < 4.78 is 9.74. The number of carbonyl (C=O) groups excluding carboxylic acids is 1. The van der Waals surface area contributed by atoms with Crippen molar-refractivity contribution in [3.63, 3.8) is 0 Å². The molecule has 2 saturated heterocycles. The second kappa shape index (κ2) is 5.96. The molecular weight excluding hydrogens is 320 g/mol. The van der Waals surface area contributed by atoms with Gasteiger partial charge < -0.3 is 14.2 Å². The molecule has 0 aromatic carbocycles. The van der Waals surface area contributed by atoms with Gasteiger partial charge in [0.05, 0.1) is 30.2 Å². The Morgan fingerprint density at radius 1 is 1.24 bits per heavy atom. The molecule has 1 amide bonds. The Morgan fingerprint density at radius 3 is 3.00 bits per heavy atom. The number of rotatable bonds is 4. The van der Waals surface area contributed by atoms with Crippen LogP contribution in [0.25, 0.3) is 0 Å². The van der Waals surface area contributed by atoms with Gasteiger partial charge in [-0.05, 0) is 6.42 Å². The van der Waals surface area contributed by atoms with Crippen LogP contribution >= 0.6 is 0 Å². The number of hydrogen-bond acceptors (Lipinski definition) is 5. The second-order valence-corrected chi connectivity index (χ2v) is 7.05. The Hall–Kier alpha value is -2.19. The van der Waals surface area contributed by atoms with Crippen LogP contribution in [0.2, 0.25) is 0 Å². The summed E-state index contributed by atoms with van der Waals surface area (Å²) in [5.41, 5.74) is 2.20. The first kappa shape index (κ1) is 15.1. The smallest absolute Gasteiger partial charge is 0.227 e. The number of fused-ring (bicyclic) bond motifs is 1. The fourth-order valence-corrected chi connectivity index (χ4v) is 3.94. The molecule has 0 aliphatic carbocycles. The van der Waals surface area contributed by atoms with Crippen LogP contribution in [0.3, 0.4) is 0 Å². The van der Waals surface area contributed by atoms with Crippen molar-refractivity contribution < 1.29 is 9.53 Å². The SMILES string of the molecule is O=C1CCCN1c1cnn(C2CN(Cc3cnc4n3CCOC4)C2)c1. The normalized spacial score (nSPS) is 21.6. The molecule has 0 saturated carbocycles. The molecule has 25 heavy (non-hydrogen) atoms. The summed E-state index contributed by atoms with van der Waals surface area (Å²) in [6, 6.07) is 0.388. The van der Waals surface area contributed by atoms with Crippen molar-refractivity contribution in [3.05, 3.63) is 30.1 Å². The Balaban J connectivity index is 1.20. The Labute approximate surface area is 146 Å². The zero-order valence-corrected chi connectivity index (χ0v) is 14.2. The lowest BCUT2D eigenvalue weighted by molar-refractivity contribution is -0.117. The summed E-state index contributed by atoms with van der Waals surface area (Å²) in [6.07, 6.45) is 7.41. The number of likely N-dealkylation sites (tertiary alicyclic amines) is 1. The molecule has 2 aromatic rings. The van der Waals surface area contributed by atoms with E-state index in [0.29, 0.717) is 19.1 Å². The largest absolute Gasteiger partial charge is 0.372 e. The van der Waals surface area contributed by atoms with Crippen LogP contribution in [0.1, 0.15) is 30.4 Å². The summed E-state index contributed by atoms with van der Waals surface area (Å²) in [5, 5.41) is 4.48. The van der Waals surface area contributed by atoms with Crippen molar-refractivity contribution in [2.45, 2.75) is 38.6 Å². The van der Waals surface area contributed by atoms with E-state index < -0.39 is 0 Å². The third-order valence-electron chi connectivity index (χ3n) is 5.38. The number of ether oxygens (including phenoxy) is 1. The number of aromatic nitrogens is 4. The lowest BCUT2D eigenvalue weighted by Crippen LogP contribution is -2.47. The van der Waals surface area contributed by atoms with Crippen molar-refractivity contribution in [2.24, 2.45) is 0 Å². The molecule has 5 heterocycles. The lowest BCUT2D eigenvalue weighted by atomic mass is 10.1. The minimum Gasteiger partial charge on any atom is -0.372 e. The summed E-state index contributed by atoms with van der Waals surface area (Å²) >= 11 is 0. The van der Waals surface area contributed by atoms with Crippen molar-refractivity contribution in [2.75, 3.05) is 31.1 Å². The molecular formula is C17H22N6O2. The van der Waals surface area contributed by atoms with Gasteiger partial charge in [0, 0.05) is 51.5 Å². The van der Waals surface area contributed by atoms with E-state index in [4.69, 9.17) is 4.74 Å². The average molecular weight is 342 g/mol. The Kier molecular flexibility index (Phi) is 3.60. The second-order valence-electron chi connectivity index (χ2n) is 7.05. The van der Waals surface area contributed by atoms with E-state index in [1.165, 1.54) is 5.69 Å². The molecule has 2 fully saturated rings. The number of nitrogens with zero attached hydrogens (tertiary/aromatic N) is 6. The van der Waals surface area contributed by atoms with Gasteiger partial charge in [-0.25, -0.2) is 4.98 Å². The standard InChI is InChI=1S/C17H22N6O2/c24-17-2-1-3-22(17)14-7-19-23(11-14)15-9-20(10-15)8-13-6-18-16-12-25-5-4-21(13)16/h6-7,11,15H,1-5,8-10,12H2. The Bertz CT molecular complexity index is 791. The van der Waals surface area contributed by atoms with Crippen LogP contribution in [0, 0.1) is 0 Å². The Morgan fingerprint density at radius 2 is 2.16 bits per heavy atom. The zero-order valence-electron chi connectivity index (χ0n) is 14.2. The predicted octanol–water partition coefficient (Wildman–Crippen LogP) is 0.793. The number of amides is 1. The molecule has 2 aromatic heterocycles. The maximum Gasteiger partial charge on any atom is 0.227 e. The molecule has 0 spiro atoms. The van der Waals surface area contributed by atoms with Gasteiger partial charge in [-0.3, -0.25) is 14.4 Å². The first-order chi connectivity index (χ1) is 12.3. The van der Waals surface area contributed by atoms with Gasteiger partial charge in [-0.1, -0.05) is 0 Å². The van der Waals surface area contributed by atoms with Crippen molar-refractivity contribution in [1.29, 1.82) is 0 Å². The first-order valence-electron chi connectivity index (χ1n) is 8.96. The van der Waals surface area contributed by atoms with Crippen LogP contribution in [-0.2, 0) is 29.2 Å². The van der Waals surface area contributed by atoms with E-state index >= 15 is 0 Å². The third-order valence-corrected chi connectivity index (χ3v) is 5.38. The molecule has 3 aliphatic heterocycles. The zero-order chi connectivity index (χ0) is 16.8. The van der Waals surface area contributed by atoms with Gasteiger partial charge in [0.2, 0.25) is 5.91 Å². The van der Waals surface area contributed by atoms with Gasteiger partial charge >= 0.3 is 0 Å². The van der Waals surface area contributed by atoms with Gasteiger partial charge in [0.1, 0.15) is 12.4 Å².